The maximum Gasteiger partial charge on any atom is 0.294 e. The minimum atomic E-state index is -1.27. The number of hydrogen-bond donors (Lipinski definition) is 11. The highest BCUT2D eigenvalue weighted by Crippen LogP contribution is 2.37. The van der Waals surface area contributed by atoms with Gasteiger partial charge in [0.15, 0.2) is 0 Å². The number of rotatable bonds is 23. The molecule has 11 N–H and O–H groups in total. The fraction of sp³-hybridized carbons (Fsp3) is 0.506. The Hall–Kier alpha value is -10.6. The fourth-order valence-corrected chi connectivity index (χ4v) is 15.9. The van der Waals surface area contributed by atoms with Crippen LogP contribution in [0, 0.1) is 79.8 Å². The molecule has 0 radical (unpaired) electrons. The van der Waals surface area contributed by atoms with Gasteiger partial charge in [-0.3, -0.25) is 57.5 Å². The van der Waals surface area contributed by atoms with E-state index in [9.17, 15) is 80.9 Å². The van der Waals surface area contributed by atoms with Gasteiger partial charge in [-0.1, -0.05) is 64.7 Å². The van der Waals surface area contributed by atoms with Gasteiger partial charge in [-0.15, -0.1) is 0 Å². The number of nitrogens with zero attached hydrogens (tertiary/aromatic N) is 3. The molecule has 0 aliphatic heterocycles. The standard InChI is InChI=1S/C29H37FN4O5.C28H37FN4O5.C28H37FN4O4/c1-16-13-19(9-10-21(16)30)31-25(37)22-17(2)23(34(5)18(22)3)24(36)26(38)32-29(11-7-6-8-12-29)27(39)33-28(4)14-20(35)15-28;1-16-14-19(10-11-20(16)29)30-24(36)21-17(2)22(33(6)18(21)3)23(35)25(37)31-28(12-8-7-9-13-28)26(38)32-27(4,5)15-34;1-7-17(3)30-27(37)28(13-9-8-10-14-28)32-26(36)24(34)23-18(4)22(19(5)33(23)6)25(35)31-20-11-12-21(29)16(2)15-20/h9-10,13,20,35H,6-8,11-12,14-15H2,1-5H3,(H,31,37)(H,32,38)(H,33,39);10-11,14,34H,7-9,12-13,15H2,1-6H3,(H,30,36)(H,31,37)(H,32,38);11-12,15,17H,7-10,13-14H2,1-6H3,(H,30,37)(H,31,35)(H,32,36)/t;;17-/m..0/s1. The molecule has 0 spiro atoms. The van der Waals surface area contributed by atoms with Crippen LogP contribution in [0.4, 0.5) is 30.2 Å². The molecule has 0 bridgehead atoms. The maximum atomic E-state index is 13.6. The van der Waals surface area contributed by atoms with Crippen LogP contribution in [0.1, 0.15) is 263 Å². The number of aliphatic hydroxyl groups is 2. The topological polar surface area (TPSA) is 368 Å². The number of Topliss-reactive ketones (excluding diaryl/α,β-unsaturated/α-hetero) is 3. The van der Waals surface area contributed by atoms with Crippen LogP contribution in [0.5, 0.6) is 0 Å². The van der Waals surface area contributed by atoms with Gasteiger partial charge in [0.1, 0.15) is 34.1 Å². The van der Waals surface area contributed by atoms with Crippen LogP contribution in [0.2, 0.25) is 0 Å². The number of benzene rings is 3. The van der Waals surface area contributed by atoms with Gasteiger partial charge in [0.25, 0.3) is 52.8 Å². The Labute approximate surface area is 663 Å². The number of amides is 9. The Morgan fingerprint density at radius 1 is 0.465 bits per heavy atom. The van der Waals surface area contributed by atoms with Crippen molar-refractivity contribution in [1.82, 2.24) is 45.6 Å². The lowest BCUT2D eigenvalue weighted by molar-refractivity contribution is -0.137. The van der Waals surface area contributed by atoms with E-state index in [0.717, 1.165) is 51.4 Å². The molecule has 4 fully saturated rings. The third kappa shape index (κ3) is 19.6. The Bertz CT molecular complexity index is 4770. The molecule has 3 aromatic heterocycles. The monoisotopic (exact) mass is 1580 g/mol. The third-order valence-electron chi connectivity index (χ3n) is 23.1. The molecule has 616 valence electrons. The quantitative estimate of drug-likeness (QED) is 0.0210. The molecule has 0 unspecified atom stereocenters. The van der Waals surface area contributed by atoms with Crippen molar-refractivity contribution in [2.45, 2.75) is 252 Å². The first-order valence-electron chi connectivity index (χ1n) is 39.0. The van der Waals surface area contributed by atoms with Gasteiger partial charge < -0.3 is 71.8 Å². The summed E-state index contributed by atoms with van der Waals surface area (Å²) >= 11 is 0. The van der Waals surface area contributed by atoms with Gasteiger partial charge in [0.2, 0.25) is 17.7 Å². The van der Waals surface area contributed by atoms with Crippen LogP contribution in [0.15, 0.2) is 54.6 Å². The Balaban J connectivity index is 0.000000214. The Morgan fingerprint density at radius 3 is 1.03 bits per heavy atom. The smallest absolute Gasteiger partial charge is 0.294 e. The van der Waals surface area contributed by atoms with Crippen LogP contribution in [-0.4, -0.2) is 141 Å². The normalized spacial score (nSPS) is 17.6. The molecule has 3 heterocycles. The Kier molecular flexibility index (Phi) is 28.3. The molecule has 6 aromatic rings. The summed E-state index contributed by atoms with van der Waals surface area (Å²) in [6.45, 7) is 23.4. The highest BCUT2D eigenvalue weighted by molar-refractivity contribution is 6.45. The summed E-state index contributed by atoms with van der Waals surface area (Å²) in [4.78, 5) is 159. The van der Waals surface area contributed by atoms with Crippen molar-refractivity contribution in [2.24, 2.45) is 21.1 Å². The summed E-state index contributed by atoms with van der Waals surface area (Å²) < 4.78 is 45.4. The van der Waals surface area contributed by atoms with Crippen LogP contribution < -0.4 is 47.9 Å². The number of hydrogen-bond acceptors (Lipinski definition) is 14. The van der Waals surface area contributed by atoms with Crippen LogP contribution in [0.3, 0.4) is 0 Å². The molecule has 3 aromatic carbocycles. The molecule has 9 amide bonds. The van der Waals surface area contributed by atoms with E-state index in [2.05, 4.69) is 47.9 Å². The van der Waals surface area contributed by atoms with Crippen LogP contribution in [0.25, 0.3) is 0 Å². The van der Waals surface area contributed by atoms with Gasteiger partial charge in [0, 0.05) is 66.9 Å². The average molecular weight is 1580 g/mol. The molecule has 10 rings (SSSR count). The maximum absolute atomic E-state index is 13.6. The van der Waals surface area contributed by atoms with Gasteiger partial charge in [-0.05, 0) is 236 Å². The number of ketones is 3. The minimum Gasteiger partial charge on any atom is -0.394 e. The molecule has 4 aliphatic carbocycles. The fourth-order valence-electron chi connectivity index (χ4n) is 15.9. The van der Waals surface area contributed by atoms with Gasteiger partial charge in [-0.2, -0.15) is 0 Å². The zero-order chi connectivity index (χ0) is 84.6. The van der Waals surface area contributed by atoms with E-state index in [0.29, 0.717) is 132 Å². The molecule has 4 saturated carbocycles. The molecule has 29 heteroatoms. The lowest BCUT2D eigenvalue weighted by Gasteiger charge is -2.46. The van der Waals surface area contributed by atoms with Crippen molar-refractivity contribution in [2.75, 3.05) is 22.6 Å². The van der Waals surface area contributed by atoms with Crippen LogP contribution in [-0.2, 0) is 49.9 Å². The zero-order valence-electron chi connectivity index (χ0n) is 68.6. The molecule has 1 atom stereocenters. The second-order valence-electron chi connectivity index (χ2n) is 32.4. The average Bonchev–Trinajstić information content (AvgIpc) is 1.36. The first-order valence-corrected chi connectivity index (χ1v) is 39.0. The summed E-state index contributed by atoms with van der Waals surface area (Å²) in [5, 5.41) is 44.5. The molecule has 114 heavy (non-hydrogen) atoms. The van der Waals surface area contributed by atoms with Crippen molar-refractivity contribution in [1.29, 1.82) is 0 Å². The van der Waals surface area contributed by atoms with Gasteiger partial charge in [0.05, 0.1) is 52.0 Å². The largest absolute Gasteiger partial charge is 0.394 e. The minimum absolute atomic E-state index is 0.0440. The third-order valence-corrected chi connectivity index (χ3v) is 23.1. The molecular formula is C85H111F3N12O14. The molecular weight excluding hydrogens is 1470 g/mol. The summed E-state index contributed by atoms with van der Waals surface area (Å²) in [7, 11) is 4.82. The number of nitrogens with one attached hydrogen (secondary N) is 9. The first-order chi connectivity index (χ1) is 53.4. The van der Waals surface area contributed by atoms with Gasteiger partial charge >= 0.3 is 0 Å². The summed E-state index contributed by atoms with van der Waals surface area (Å²) in [5.74, 6) is -8.85. The van der Waals surface area contributed by atoms with E-state index in [4.69, 9.17) is 0 Å². The van der Waals surface area contributed by atoms with E-state index < -0.39 is 98.3 Å². The summed E-state index contributed by atoms with van der Waals surface area (Å²) in [6.07, 6.45) is 10.9. The van der Waals surface area contributed by atoms with Crippen molar-refractivity contribution in [3.05, 3.63) is 156 Å². The van der Waals surface area contributed by atoms with Crippen molar-refractivity contribution >= 4 is 87.6 Å². The van der Waals surface area contributed by atoms with E-state index >= 15 is 0 Å². The summed E-state index contributed by atoms with van der Waals surface area (Å²) in [6, 6.07) is 12.6. The number of halogens is 3. The van der Waals surface area contributed by atoms with Crippen molar-refractivity contribution < 1.29 is 80.9 Å². The first kappa shape index (κ1) is 89.0. The van der Waals surface area contributed by atoms with E-state index in [1.807, 2.05) is 20.8 Å². The number of aromatic nitrogens is 3. The molecule has 0 saturated heterocycles. The van der Waals surface area contributed by atoms with E-state index in [1.54, 1.807) is 97.3 Å². The molecule has 26 nitrogen and oxygen atoms in total. The van der Waals surface area contributed by atoms with Crippen LogP contribution >= 0.6 is 0 Å². The highest BCUT2D eigenvalue weighted by Gasteiger charge is 2.50. The zero-order valence-corrected chi connectivity index (χ0v) is 68.6. The van der Waals surface area contributed by atoms with E-state index in [1.165, 1.54) is 68.3 Å². The number of carbonyl (C=O) groups is 12. The Morgan fingerprint density at radius 2 is 0.754 bits per heavy atom. The van der Waals surface area contributed by atoms with Crippen molar-refractivity contribution in [3.63, 3.8) is 0 Å². The second kappa shape index (κ2) is 36.3. The van der Waals surface area contributed by atoms with E-state index in [-0.39, 0.29) is 69.9 Å². The number of anilines is 3. The SMILES string of the molecule is CC[C@H](C)NC(=O)C1(NC(=O)C(=O)c2c(C)c(C(=O)Nc3ccc(F)c(C)c3)c(C)n2C)CCCCC1.Cc1cc(NC(=O)c2c(C)c(C(=O)C(=O)NC3(C(=O)NC(C)(C)CO)CCCCC3)n(C)c2C)ccc1F.Cc1cc(NC(=O)c2c(C)c(C(=O)C(=O)NC3(C(=O)NC4(C)CC(O)C4)CCCCC3)n(C)c2C)ccc1F. The highest BCUT2D eigenvalue weighted by atomic mass is 19.1. The number of aliphatic hydroxyl groups excluding tert-OH is 2. The van der Waals surface area contributed by atoms with Gasteiger partial charge in [-0.25, -0.2) is 13.2 Å². The predicted molar refractivity (Wildman–Crippen MR) is 426 cm³/mol. The number of aryl methyl sites for hydroxylation is 3. The lowest BCUT2D eigenvalue weighted by atomic mass is 9.74. The predicted octanol–water partition coefficient (Wildman–Crippen LogP) is 10.9. The summed E-state index contributed by atoms with van der Waals surface area (Å²) in [5.41, 5.74) is 0.736. The second-order valence-corrected chi connectivity index (χ2v) is 32.4. The lowest BCUT2D eigenvalue weighted by Crippen LogP contribution is -2.67. The van der Waals surface area contributed by atoms with Crippen molar-refractivity contribution in [3.8, 4) is 0 Å². The number of carbonyl (C=O) groups excluding carboxylic acids is 12. The molecule has 4 aliphatic rings.